The molecule has 0 saturated carbocycles. The van der Waals surface area contributed by atoms with Gasteiger partial charge >= 0.3 is 6.55 Å². The molecule has 0 atom stereocenters. The largest absolute Gasteiger partial charge is 0.343 e. The van der Waals surface area contributed by atoms with Crippen molar-refractivity contribution >= 4 is 5.91 Å². The summed E-state index contributed by atoms with van der Waals surface area (Å²) in [5.74, 6) is -0.435. The number of amides is 1. The van der Waals surface area contributed by atoms with E-state index in [0.717, 1.165) is 6.20 Å². The van der Waals surface area contributed by atoms with Crippen LogP contribution in [0.1, 0.15) is 22.6 Å². The maximum Gasteiger partial charge on any atom is 0.333 e. The molecule has 1 amide bonds. The van der Waals surface area contributed by atoms with Crippen molar-refractivity contribution in [1.82, 2.24) is 14.7 Å². The summed E-state index contributed by atoms with van der Waals surface area (Å²) in [5.41, 5.74) is 5.62. The normalized spacial score (nSPS) is 10.8. The minimum Gasteiger partial charge on any atom is -0.343 e. The SMILES string of the molecule is CN(C)C(=O)c1nn(C(F)F)cc1CN. The molecule has 84 valence electrons. The van der Waals surface area contributed by atoms with Gasteiger partial charge in [-0.2, -0.15) is 13.9 Å². The maximum absolute atomic E-state index is 12.3. The molecule has 1 aromatic rings. The number of aromatic nitrogens is 2. The van der Waals surface area contributed by atoms with E-state index in [-0.39, 0.29) is 12.2 Å². The highest BCUT2D eigenvalue weighted by Gasteiger charge is 2.19. The zero-order valence-electron chi connectivity index (χ0n) is 8.44. The minimum absolute atomic E-state index is 0.00162. The topological polar surface area (TPSA) is 64.2 Å². The lowest BCUT2D eigenvalue weighted by molar-refractivity contribution is 0.0555. The molecule has 0 unspecified atom stereocenters. The van der Waals surface area contributed by atoms with Gasteiger partial charge in [0.1, 0.15) is 0 Å². The molecule has 1 rings (SSSR count). The third-order valence-electron chi connectivity index (χ3n) is 1.84. The number of nitrogens with zero attached hydrogens (tertiary/aromatic N) is 3. The van der Waals surface area contributed by atoms with Crippen molar-refractivity contribution in [2.75, 3.05) is 14.1 Å². The number of nitrogens with two attached hydrogens (primary N) is 1. The Balaban J connectivity index is 3.11. The zero-order valence-corrected chi connectivity index (χ0v) is 8.44. The number of halogens is 2. The van der Waals surface area contributed by atoms with E-state index < -0.39 is 12.5 Å². The quantitative estimate of drug-likeness (QED) is 0.800. The van der Waals surface area contributed by atoms with Crippen molar-refractivity contribution in [3.8, 4) is 0 Å². The average molecular weight is 218 g/mol. The van der Waals surface area contributed by atoms with E-state index in [2.05, 4.69) is 5.10 Å². The third kappa shape index (κ3) is 2.30. The standard InChI is InChI=1S/C8H12F2N4O/c1-13(2)7(15)6-5(3-11)4-14(12-6)8(9)10/h4,8H,3,11H2,1-2H3. The van der Waals surface area contributed by atoms with Crippen LogP contribution in [0.5, 0.6) is 0 Å². The van der Waals surface area contributed by atoms with E-state index in [4.69, 9.17) is 5.73 Å². The van der Waals surface area contributed by atoms with Crippen LogP contribution in [-0.2, 0) is 6.54 Å². The molecule has 0 bridgehead atoms. The number of rotatable bonds is 3. The van der Waals surface area contributed by atoms with Crippen LogP contribution in [0.25, 0.3) is 0 Å². The Labute approximate surface area is 85.5 Å². The molecule has 0 fully saturated rings. The fourth-order valence-corrected chi connectivity index (χ4v) is 1.07. The van der Waals surface area contributed by atoms with Crippen molar-refractivity contribution < 1.29 is 13.6 Å². The lowest BCUT2D eigenvalue weighted by Crippen LogP contribution is -2.24. The highest BCUT2D eigenvalue weighted by atomic mass is 19.3. The number of carbonyl (C=O) groups excluding carboxylic acids is 1. The van der Waals surface area contributed by atoms with Crippen LogP contribution in [0.15, 0.2) is 6.20 Å². The first-order valence-corrected chi connectivity index (χ1v) is 4.25. The van der Waals surface area contributed by atoms with Gasteiger partial charge in [-0.15, -0.1) is 0 Å². The Morgan fingerprint density at radius 2 is 2.27 bits per heavy atom. The predicted molar refractivity (Wildman–Crippen MR) is 49.4 cm³/mol. The van der Waals surface area contributed by atoms with Gasteiger partial charge in [0, 0.05) is 32.4 Å². The molecule has 15 heavy (non-hydrogen) atoms. The Morgan fingerprint density at radius 3 is 2.67 bits per heavy atom. The van der Waals surface area contributed by atoms with Gasteiger partial charge in [-0.25, -0.2) is 4.68 Å². The van der Waals surface area contributed by atoms with Gasteiger partial charge in [-0.3, -0.25) is 4.79 Å². The van der Waals surface area contributed by atoms with E-state index in [0.29, 0.717) is 10.2 Å². The van der Waals surface area contributed by atoms with Gasteiger partial charge in [0.15, 0.2) is 5.69 Å². The summed E-state index contributed by atoms with van der Waals surface area (Å²) in [7, 11) is 3.04. The zero-order chi connectivity index (χ0) is 11.6. The summed E-state index contributed by atoms with van der Waals surface area (Å²) in [6.07, 6.45) is 1.08. The summed E-state index contributed by atoms with van der Waals surface area (Å²) in [6.45, 7) is -2.76. The molecule has 0 saturated heterocycles. The molecule has 1 heterocycles. The van der Waals surface area contributed by atoms with E-state index in [1.54, 1.807) is 0 Å². The van der Waals surface area contributed by atoms with Gasteiger partial charge in [-0.05, 0) is 0 Å². The van der Waals surface area contributed by atoms with Crippen LogP contribution in [0, 0.1) is 0 Å². The van der Waals surface area contributed by atoms with Crippen LogP contribution in [0.2, 0.25) is 0 Å². The van der Waals surface area contributed by atoms with Gasteiger partial charge in [0.05, 0.1) is 0 Å². The van der Waals surface area contributed by atoms with Crippen LogP contribution >= 0.6 is 0 Å². The molecule has 0 aromatic carbocycles. The number of alkyl halides is 2. The van der Waals surface area contributed by atoms with Crippen molar-refractivity contribution in [3.05, 3.63) is 17.5 Å². The second-order valence-corrected chi connectivity index (χ2v) is 3.16. The third-order valence-corrected chi connectivity index (χ3v) is 1.84. The summed E-state index contributed by atoms with van der Waals surface area (Å²) in [5, 5.41) is 3.50. The second-order valence-electron chi connectivity index (χ2n) is 3.16. The first-order valence-electron chi connectivity index (χ1n) is 4.25. The van der Waals surface area contributed by atoms with E-state index in [1.165, 1.54) is 19.0 Å². The average Bonchev–Trinajstić information content (AvgIpc) is 2.59. The molecule has 0 aliphatic carbocycles. The number of hydrogen-bond acceptors (Lipinski definition) is 3. The van der Waals surface area contributed by atoms with Gasteiger partial charge in [0.25, 0.3) is 5.91 Å². The lowest BCUT2D eigenvalue weighted by atomic mass is 10.2. The molecule has 0 aliphatic rings. The maximum atomic E-state index is 12.3. The molecule has 0 aliphatic heterocycles. The molecule has 7 heteroatoms. The summed E-state index contributed by atoms with van der Waals surface area (Å²) < 4.78 is 25.0. The summed E-state index contributed by atoms with van der Waals surface area (Å²) >= 11 is 0. The van der Waals surface area contributed by atoms with E-state index in [9.17, 15) is 13.6 Å². The van der Waals surface area contributed by atoms with Crippen LogP contribution < -0.4 is 5.73 Å². The summed E-state index contributed by atoms with van der Waals surface area (Å²) in [6, 6.07) is 0. The fourth-order valence-electron chi connectivity index (χ4n) is 1.07. The van der Waals surface area contributed by atoms with Crippen molar-refractivity contribution in [2.24, 2.45) is 5.73 Å². The predicted octanol–water partition coefficient (Wildman–Crippen LogP) is 0.439. The fraction of sp³-hybridized carbons (Fsp3) is 0.500. The van der Waals surface area contributed by atoms with Gasteiger partial charge in [-0.1, -0.05) is 0 Å². The van der Waals surface area contributed by atoms with Crippen molar-refractivity contribution in [3.63, 3.8) is 0 Å². The van der Waals surface area contributed by atoms with Crippen LogP contribution in [0.3, 0.4) is 0 Å². The van der Waals surface area contributed by atoms with Gasteiger partial charge in [0.2, 0.25) is 0 Å². The minimum atomic E-state index is -2.76. The van der Waals surface area contributed by atoms with E-state index >= 15 is 0 Å². The second kappa shape index (κ2) is 4.35. The van der Waals surface area contributed by atoms with Gasteiger partial charge < -0.3 is 10.6 Å². The molecular weight excluding hydrogens is 206 g/mol. The molecular formula is C8H12F2N4O. The first kappa shape index (κ1) is 11.6. The van der Waals surface area contributed by atoms with Crippen molar-refractivity contribution in [2.45, 2.75) is 13.1 Å². The summed E-state index contributed by atoms with van der Waals surface area (Å²) in [4.78, 5) is 12.8. The first-order chi connectivity index (χ1) is 6.97. The Kier molecular flexibility index (Phi) is 3.35. The highest BCUT2D eigenvalue weighted by molar-refractivity contribution is 5.93. The molecule has 2 N–H and O–H groups in total. The van der Waals surface area contributed by atoms with Crippen LogP contribution in [0.4, 0.5) is 8.78 Å². The number of hydrogen-bond donors (Lipinski definition) is 1. The van der Waals surface area contributed by atoms with Crippen molar-refractivity contribution in [1.29, 1.82) is 0 Å². The molecule has 1 aromatic heterocycles. The number of carbonyl (C=O) groups is 1. The smallest absolute Gasteiger partial charge is 0.333 e. The Morgan fingerprint density at radius 1 is 1.67 bits per heavy atom. The van der Waals surface area contributed by atoms with Crippen LogP contribution in [-0.4, -0.2) is 34.7 Å². The monoisotopic (exact) mass is 218 g/mol. The molecule has 0 spiro atoms. The van der Waals surface area contributed by atoms with E-state index in [1.807, 2.05) is 0 Å². The lowest BCUT2D eigenvalue weighted by Gasteiger charge is -2.08. The Bertz CT molecular complexity index is 362. The highest BCUT2D eigenvalue weighted by Crippen LogP contribution is 2.14. The Hall–Kier alpha value is -1.50. The molecule has 5 nitrogen and oxygen atoms in total. The molecule has 0 radical (unpaired) electrons.